The quantitative estimate of drug-likeness (QED) is 0.576. The summed E-state index contributed by atoms with van der Waals surface area (Å²) in [6, 6.07) is -0.619. The maximum Gasteiger partial charge on any atom is 0.239 e. The highest BCUT2D eigenvalue weighted by atomic mass is 16.6. The summed E-state index contributed by atoms with van der Waals surface area (Å²) >= 11 is 0. The summed E-state index contributed by atoms with van der Waals surface area (Å²) in [4.78, 5) is 10.7. The summed E-state index contributed by atoms with van der Waals surface area (Å²) in [5.41, 5.74) is 0. The molecule has 0 spiro atoms. The molecule has 1 saturated heterocycles. The Morgan fingerprint density at radius 1 is 1.25 bits per heavy atom. The Bertz CT molecular complexity index is 252. The van der Waals surface area contributed by atoms with Gasteiger partial charge in [-0.1, -0.05) is 19.3 Å². The first-order chi connectivity index (χ1) is 7.68. The standard InChI is InChI=1S/C11H19NO4/c13-11-6-9(8-4-2-1-3-5-8)10(7-16-11)12(14)15/h8-11,13H,1-7H2/t9-,10+,11?/m0/s1. The van der Waals surface area contributed by atoms with Crippen LogP contribution in [0.25, 0.3) is 0 Å². The van der Waals surface area contributed by atoms with E-state index in [1.165, 1.54) is 19.3 Å². The average Bonchev–Trinajstić information content (AvgIpc) is 2.29. The highest BCUT2D eigenvalue weighted by molar-refractivity contribution is 4.83. The molecule has 0 bridgehead atoms. The van der Waals surface area contributed by atoms with Crippen molar-refractivity contribution in [2.24, 2.45) is 11.8 Å². The van der Waals surface area contributed by atoms with Crippen molar-refractivity contribution in [2.45, 2.75) is 50.9 Å². The van der Waals surface area contributed by atoms with Crippen LogP contribution in [-0.2, 0) is 4.74 Å². The molecular formula is C11H19NO4. The molecule has 0 aromatic carbocycles. The van der Waals surface area contributed by atoms with Crippen molar-refractivity contribution < 1.29 is 14.8 Å². The van der Waals surface area contributed by atoms with E-state index in [9.17, 15) is 15.2 Å². The van der Waals surface area contributed by atoms with Gasteiger partial charge in [0.15, 0.2) is 6.29 Å². The van der Waals surface area contributed by atoms with Crippen LogP contribution in [0.5, 0.6) is 0 Å². The molecular weight excluding hydrogens is 210 g/mol. The molecule has 1 saturated carbocycles. The maximum absolute atomic E-state index is 11.0. The van der Waals surface area contributed by atoms with Crippen molar-refractivity contribution in [3.8, 4) is 0 Å². The second-order valence-electron chi connectivity index (χ2n) is 4.94. The Balaban J connectivity index is 2.03. The molecule has 0 amide bonds. The third-order valence-corrected chi connectivity index (χ3v) is 3.95. The zero-order valence-corrected chi connectivity index (χ0v) is 9.38. The number of hydrogen-bond acceptors (Lipinski definition) is 4. The number of rotatable bonds is 2. The molecule has 1 heterocycles. The lowest BCUT2D eigenvalue weighted by atomic mass is 9.74. The first-order valence-electron chi connectivity index (χ1n) is 6.11. The number of hydrogen-bond donors (Lipinski definition) is 1. The first-order valence-corrected chi connectivity index (χ1v) is 6.11. The lowest BCUT2D eigenvalue weighted by molar-refractivity contribution is -0.547. The normalized spacial score (nSPS) is 37.2. The van der Waals surface area contributed by atoms with Gasteiger partial charge in [0.1, 0.15) is 6.61 Å². The monoisotopic (exact) mass is 229 g/mol. The van der Waals surface area contributed by atoms with E-state index in [1.807, 2.05) is 0 Å². The maximum atomic E-state index is 11.0. The number of ether oxygens (including phenoxy) is 1. The Morgan fingerprint density at radius 3 is 2.56 bits per heavy atom. The van der Waals surface area contributed by atoms with Gasteiger partial charge in [-0.25, -0.2) is 0 Å². The van der Waals surface area contributed by atoms with Crippen LogP contribution in [0.2, 0.25) is 0 Å². The van der Waals surface area contributed by atoms with Gasteiger partial charge >= 0.3 is 0 Å². The van der Waals surface area contributed by atoms with Crippen LogP contribution in [0.1, 0.15) is 38.5 Å². The summed E-state index contributed by atoms with van der Waals surface area (Å²) in [6.07, 6.45) is 5.35. The molecule has 1 unspecified atom stereocenters. The van der Waals surface area contributed by atoms with E-state index in [4.69, 9.17) is 4.74 Å². The van der Waals surface area contributed by atoms with Gasteiger partial charge in [0.2, 0.25) is 6.04 Å². The average molecular weight is 229 g/mol. The molecule has 16 heavy (non-hydrogen) atoms. The van der Waals surface area contributed by atoms with Crippen molar-refractivity contribution in [1.29, 1.82) is 0 Å². The third-order valence-electron chi connectivity index (χ3n) is 3.95. The van der Waals surface area contributed by atoms with Crippen LogP contribution in [0.3, 0.4) is 0 Å². The van der Waals surface area contributed by atoms with Crippen LogP contribution in [-0.4, -0.2) is 29.0 Å². The molecule has 2 fully saturated rings. The van der Waals surface area contributed by atoms with Crippen molar-refractivity contribution in [3.05, 3.63) is 10.1 Å². The van der Waals surface area contributed by atoms with E-state index in [2.05, 4.69) is 0 Å². The fourth-order valence-corrected chi connectivity index (χ4v) is 3.08. The van der Waals surface area contributed by atoms with Gasteiger partial charge in [-0.2, -0.15) is 0 Å². The van der Waals surface area contributed by atoms with Gasteiger partial charge in [0.25, 0.3) is 0 Å². The van der Waals surface area contributed by atoms with Gasteiger partial charge < -0.3 is 9.84 Å². The zero-order valence-electron chi connectivity index (χ0n) is 9.38. The van der Waals surface area contributed by atoms with E-state index < -0.39 is 12.3 Å². The zero-order chi connectivity index (χ0) is 11.5. The summed E-state index contributed by atoms with van der Waals surface area (Å²) in [5, 5.41) is 20.4. The number of aliphatic hydroxyl groups excluding tert-OH is 1. The molecule has 3 atom stereocenters. The summed E-state index contributed by atoms with van der Waals surface area (Å²) in [7, 11) is 0. The molecule has 1 aliphatic heterocycles. The highest BCUT2D eigenvalue weighted by Crippen LogP contribution is 2.37. The van der Waals surface area contributed by atoms with E-state index in [-0.39, 0.29) is 17.4 Å². The Morgan fingerprint density at radius 2 is 1.94 bits per heavy atom. The smallest absolute Gasteiger partial charge is 0.239 e. The minimum Gasteiger partial charge on any atom is -0.368 e. The number of aliphatic hydroxyl groups is 1. The summed E-state index contributed by atoms with van der Waals surface area (Å²) < 4.78 is 4.99. The highest BCUT2D eigenvalue weighted by Gasteiger charge is 2.42. The van der Waals surface area contributed by atoms with Gasteiger partial charge in [0, 0.05) is 17.3 Å². The van der Waals surface area contributed by atoms with E-state index >= 15 is 0 Å². The summed E-state index contributed by atoms with van der Waals surface area (Å²) in [5.74, 6) is 0.404. The first kappa shape index (κ1) is 11.8. The Labute approximate surface area is 94.9 Å². The minimum atomic E-state index is -0.803. The lowest BCUT2D eigenvalue weighted by Gasteiger charge is -2.36. The van der Waals surface area contributed by atoms with Gasteiger partial charge in [-0.3, -0.25) is 10.1 Å². The fourth-order valence-electron chi connectivity index (χ4n) is 3.08. The molecule has 0 aromatic heterocycles. The summed E-state index contributed by atoms with van der Waals surface area (Å²) in [6.45, 7) is 0.0648. The fraction of sp³-hybridized carbons (Fsp3) is 1.00. The molecule has 1 N–H and O–H groups in total. The van der Waals surface area contributed by atoms with Crippen LogP contribution in [0.15, 0.2) is 0 Å². The predicted molar refractivity (Wildman–Crippen MR) is 57.4 cm³/mol. The minimum absolute atomic E-state index is 0.000880. The van der Waals surface area contributed by atoms with Crippen molar-refractivity contribution in [3.63, 3.8) is 0 Å². The van der Waals surface area contributed by atoms with Crippen molar-refractivity contribution in [1.82, 2.24) is 0 Å². The molecule has 0 aromatic rings. The third kappa shape index (κ3) is 2.52. The molecule has 5 nitrogen and oxygen atoms in total. The van der Waals surface area contributed by atoms with Crippen LogP contribution >= 0.6 is 0 Å². The molecule has 0 radical (unpaired) electrons. The van der Waals surface area contributed by atoms with Gasteiger partial charge in [-0.15, -0.1) is 0 Å². The molecule has 5 heteroatoms. The molecule has 2 aliphatic rings. The second-order valence-corrected chi connectivity index (χ2v) is 4.94. The Kier molecular flexibility index (Phi) is 3.76. The number of nitro groups is 1. The van der Waals surface area contributed by atoms with Gasteiger partial charge in [0.05, 0.1) is 0 Å². The van der Waals surface area contributed by atoms with Crippen molar-refractivity contribution >= 4 is 0 Å². The van der Waals surface area contributed by atoms with E-state index in [1.54, 1.807) is 0 Å². The van der Waals surface area contributed by atoms with Crippen LogP contribution in [0.4, 0.5) is 0 Å². The topological polar surface area (TPSA) is 72.6 Å². The molecule has 92 valence electrons. The number of nitrogens with zero attached hydrogens (tertiary/aromatic N) is 1. The SMILES string of the molecule is O=[N+]([O-])[C@@H]1COC(O)C[C@H]1C1CCCCC1. The lowest BCUT2D eigenvalue weighted by Crippen LogP contribution is -2.45. The van der Waals surface area contributed by atoms with Gasteiger partial charge in [-0.05, 0) is 18.8 Å². The predicted octanol–water partition coefficient (Wildman–Crippen LogP) is 1.57. The second kappa shape index (κ2) is 5.10. The Hall–Kier alpha value is -0.680. The van der Waals surface area contributed by atoms with Crippen LogP contribution < -0.4 is 0 Å². The van der Waals surface area contributed by atoms with Crippen LogP contribution in [0, 0.1) is 22.0 Å². The largest absolute Gasteiger partial charge is 0.368 e. The molecule has 1 aliphatic carbocycles. The molecule has 2 rings (SSSR count). The van der Waals surface area contributed by atoms with Crippen molar-refractivity contribution in [2.75, 3.05) is 6.61 Å². The van der Waals surface area contributed by atoms with E-state index in [0.717, 1.165) is 12.8 Å². The van der Waals surface area contributed by atoms with E-state index in [0.29, 0.717) is 12.3 Å².